The van der Waals surface area contributed by atoms with E-state index in [2.05, 4.69) is 20.4 Å². The van der Waals surface area contributed by atoms with E-state index in [1.54, 1.807) is 22.7 Å². The maximum Gasteiger partial charge on any atom is 0.234 e. The predicted molar refractivity (Wildman–Crippen MR) is 153 cm³/mol. The van der Waals surface area contributed by atoms with Crippen LogP contribution in [0.25, 0.3) is 31.1 Å². The van der Waals surface area contributed by atoms with E-state index in [9.17, 15) is 0 Å². The summed E-state index contributed by atoms with van der Waals surface area (Å²) in [5, 5.41) is 30.0. The van der Waals surface area contributed by atoms with Crippen LogP contribution in [0.5, 0.6) is 0 Å². The minimum atomic E-state index is 0.719. The van der Waals surface area contributed by atoms with Crippen LogP contribution in [0.15, 0.2) is 48.5 Å². The lowest BCUT2D eigenvalue weighted by Crippen LogP contribution is -1.97. The van der Waals surface area contributed by atoms with E-state index < -0.39 is 0 Å². The number of aryl methyl sites for hydroxylation is 2. The van der Waals surface area contributed by atoms with Crippen LogP contribution in [0.1, 0.15) is 50.2 Å². The number of aromatic nitrogens is 8. The molecule has 194 valence electrons. The molecule has 0 aliphatic heterocycles. The molecule has 6 rings (SSSR count). The van der Waals surface area contributed by atoms with Crippen LogP contribution in [-0.2, 0) is 12.8 Å². The maximum atomic E-state index is 6.00. The Hall–Kier alpha value is -2.92. The molecule has 0 aliphatic rings. The third-order valence-electron chi connectivity index (χ3n) is 6.34. The number of rotatable bonds is 11. The normalized spacial score (nSPS) is 11.7. The van der Waals surface area contributed by atoms with Crippen LogP contribution < -0.4 is 0 Å². The Morgan fingerprint density at radius 3 is 1.34 bits per heavy atom. The Bertz CT molecular complexity index is 1530. The van der Waals surface area contributed by atoms with Crippen molar-refractivity contribution in [2.45, 2.75) is 51.4 Å². The maximum absolute atomic E-state index is 6.00. The summed E-state index contributed by atoms with van der Waals surface area (Å²) < 4.78 is 3.76. The van der Waals surface area contributed by atoms with E-state index in [4.69, 9.17) is 33.4 Å². The van der Waals surface area contributed by atoms with Gasteiger partial charge in [-0.15, -0.1) is 20.4 Å². The van der Waals surface area contributed by atoms with Crippen molar-refractivity contribution in [3.63, 3.8) is 0 Å². The van der Waals surface area contributed by atoms with Crippen LogP contribution in [-0.4, -0.2) is 39.6 Å². The second-order valence-electron chi connectivity index (χ2n) is 9.07. The lowest BCUT2D eigenvalue weighted by Gasteiger charge is -2.01. The zero-order valence-corrected chi connectivity index (χ0v) is 23.6. The standard InChI is InChI=1S/C26H24Cl2N8S2/c27-19-13-9-17(10-14-19)23-33-35-21(29-31-25(35)37-23)7-5-3-1-2-4-6-8-22-30-32-26-36(22)34-24(38-26)18-11-15-20(28)16-12-18/h9-16H,1-8H2. The van der Waals surface area contributed by atoms with Gasteiger partial charge in [0.15, 0.2) is 11.6 Å². The van der Waals surface area contributed by atoms with Crippen LogP contribution in [0, 0.1) is 0 Å². The summed E-state index contributed by atoms with van der Waals surface area (Å²) in [6.07, 6.45) is 8.62. The SMILES string of the molecule is Clc1ccc(-c2nn3c(CCCCCCCCc4nnc5sc(-c6ccc(Cl)cc6)nn45)nnc3s2)cc1. The number of benzene rings is 2. The van der Waals surface area contributed by atoms with Gasteiger partial charge in [0.2, 0.25) is 9.92 Å². The highest BCUT2D eigenvalue weighted by Gasteiger charge is 2.14. The summed E-state index contributed by atoms with van der Waals surface area (Å²) in [5.74, 6) is 1.85. The van der Waals surface area contributed by atoms with E-state index >= 15 is 0 Å². The highest BCUT2D eigenvalue weighted by Crippen LogP contribution is 2.28. The van der Waals surface area contributed by atoms with Crippen LogP contribution in [0.4, 0.5) is 0 Å². The van der Waals surface area contributed by atoms with E-state index in [1.165, 1.54) is 12.8 Å². The van der Waals surface area contributed by atoms with E-state index in [0.717, 1.165) is 91.3 Å². The van der Waals surface area contributed by atoms with Crippen molar-refractivity contribution in [1.82, 2.24) is 39.6 Å². The van der Waals surface area contributed by atoms with Crippen molar-refractivity contribution >= 4 is 55.8 Å². The van der Waals surface area contributed by atoms with Gasteiger partial charge in [-0.05, 0) is 37.1 Å². The first-order chi connectivity index (χ1) is 18.6. The van der Waals surface area contributed by atoms with Gasteiger partial charge in [-0.3, -0.25) is 0 Å². The molecule has 0 atom stereocenters. The first kappa shape index (κ1) is 25.4. The predicted octanol–water partition coefficient (Wildman–Crippen LogP) is 7.45. The van der Waals surface area contributed by atoms with Crippen molar-refractivity contribution in [3.05, 3.63) is 70.2 Å². The summed E-state index contributed by atoms with van der Waals surface area (Å²) in [6, 6.07) is 15.4. The summed E-state index contributed by atoms with van der Waals surface area (Å²) >= 11 is 15.1. The number of hydrogen-bond donors (Lipinski definition) is 0. The molecule has 12 heteroatoms. The number of halogens is 2. The third-order valence-corrected chi connectivity index (χ3v) is 8.74. The van der Waals surface area contributed by atoms with Crippen LogP contribution >= 0.6 is 45.9 Å². The molecule has 0 amide bonds. The fourth-order valence-corrected chi connectivity index (χ4v) is 6.30. The van der Waals surface area contributed by atoms with Crippen molar-refractivity contribution in [1.29, 1.82) is 0 Å². The van der Waals surface area contributed by atoms with Gasteiger partial charge in [0, 0.05) is 34.0 Å². The van der Waals surface area contributed by atoms with E-state index in [-0.39, 0.29) is 0 Å². The van der Waals surface area contributed by atoms with Crippen molar-refractivity contribution in [2.24, 2.45) is 0 Å². The monoisotopic (exact) mass is 582 g/mol. The number of fused-ring (bicyclic) bond motifs is 2. The minimum absolute atomic E-state index is 0.719. The second-order valence-corrected chi connectivity index (χ2v) is 11.9. The first-order valence-corrected chi connectivity index (χ1v) is 15.0. The highest BCUT2D eigenvalue weighted by atomic mass is 35.5. The molecule has 0 saturated carbocycles. The van der Waals surface area contributed by atoms with Crippen LogP contribution in [0.2, 0.25) is 10.0 Å². The summed E-state index contributed by atoms with van der Waals surface area (Å²) in [4.78, 5) is 1.65. The quantitative estimate of drug-likeness (QED) is 0.147. The smallest absolute Gasteiger partial charge is 0.187 e. The Labute approximate surface area is 237 Å². The molecule has 4 heterocycles. The Morgan fingerprint density at radius 2 is 0.921 bits per heavy atom. The summed E-state index contributed by atoms with van der Waals surface area (Å²) in [7, 11) is 0. The van der Waals surface area contributed by atoms with Gasteiger partial charge < -0.3 is 0 Å². The highest BCUT2D eigenvalue weighted by molar-refractivity contribution is 7.20. The first-order valence-electron chi connectivity index (χ1n) is 12.6. The molecule has 0 aliphatic carbocycles. The molecule has 38 heavy (non-hydrogen) atoms. The zero-order valence-electron chi connectivity index (χ0n) is 20.4. The molecule has 0 spiro atoms. The van der Waals surface area contributed by atoms with E-state index in [1.807, 2.05) is 57.6 Å². The van der Waals surface area contributed by atoms with Gasteiger partial charge in [-0.2, -0.15) is 19.2 Å². The van der Waals surface area contributed by atoms with Gasteiger partial charge >= 0.3 is 0 Å². The zero-order chi connectivity index (χ0) is 25.9. The van der Waals surface area contributed by atoms with Crippen molar-refractivity contribution in [3.8, 4) is 21.1 Å². The fraction of sp³-hybridized carbons (Fsp3) is 0.308. The molecule has 0 N–H and O–H groups in total. The van der Waals surface area contributed by atoms with E-state index in [0.29, 0.717) is 0 Å². The van der Waals surface area contributed by atoms with Gasteiger partial charge in [0.25, 0.3) is 0 Å². The fourth-order valence-electron chi connectivity index (χ4n) is 4.32. The van der Waals surface area contributed by atoms with Crippen LogP contribution in [0.3, 0.4) is 0 Å². The molecule has 0 bridgehead atoms. The Kier molecular flexibility index (Phi) is 7.64. The second kappa shape index (κ2) is 11.4. The van der Waals surface area contributed by atoms with Gasteiger partial charge in [0.1, 0.15) is 10.0 Å². The number of unbranched alkanes of at least 4 members (excludes halogenated alkanes) is 5. The molecule has 0 saturated heterocycles. The van der Waals surface area contributed by atoms with Gasteiger partial charge in [-0.25, -0.2) is 0 Å². The summed E-state index contributed by atoms with van der Waals surface area (Å²) in [5.41, 5.74) is 2.08. The van der Waals surface area contributed by atoms with Gasteiger partial charge in [0.05, 0.1) is 0 Å². The van der Waals surface area contributed by atoms with Gasteiger partial charge in [-0.1, -0.05) is 95.8 Å². The third kappa shape index (κ3) is 5.58. The molecular weight excluding hydrogens is 559 g/mol. The van der Waals surface area contributed by atoms with Crippen molar-refractivity contribution < 1.29 is 0 Å². The molecule has 8 nitrogen and oxygen atoms in total. The number of nitrogens with zero attached hydrogens (tertiary/aromatic N) is 8. The lowest BCUT2D eigenvalue weighted by atomic mass is 10.1. The molecule has 0 radical (unpaired) electrons. The largest absolute Gasteiger partial charge is 0.234 e. The molecule has 6 aromatic rings. The Morgan fingerprint density at radius 1 is 0.526 bits per heavy atom. The summed E-state index contributed by atoms with van der Waals surface area (Å²) in [6.45, 7) is 0. The molecule has 2 aromatic carbocycles. The lowest BCUT2D eigenvalue weighted by molar-refractivity contribution is 0.578. The Balaban J connectivity index is 0.936. The average Bonchev–Trinajstić information content (AvgIpc) is 3.69. The average molecular weight is 584 g/mol. The molecule has 0 fully saturated rings. The number of hydrogen-bond acceptors (Lipinski definition) is 8. The molecule has 0 unspecified atom stereocenters. The topological polar surface area (TPSA) is 86.2 Å². The molecule has 4 aromatic heterocycles. The minimum Gasteiger partial charge on any atom is -0.187 e. The van der Waals surface area contributed by atoms with Crippen molar-refractivity contribution in [2.75, 3.05) is 0 Å². The molecular formula is C26H24Cl2N8S2.